The third kappa shape index (κ3) is 6.20. The zero-order valence-corrected chi connectivity index (χ0v) is 22.5. The largest absolute Gasteiger partial charge is 0.497 e. The number of hydrogen-bond acceptors (Lipinski definition) is 7. The Balaban J connectivity index is 1.57. The second kappa shape index (κ2) is 11.2. The van der Waals surface area contributed by atoms with Crippen LogP contribution >= 0.6 is 0 Å². The molecule has 2 aromatic carbocycles. The molecular formula is C27H34N6O3S. The topological polar surface area (TPSA) is 115 Å². The van der Waals surface area contributed by atoms with Crippen molar-refractivity contribution in [2.24, 2.45) is 0 Å². The van der Waals surface area contributed by atoms with E-state index in [-0.39, 0.29) is 5.75 Å². The highest BCUT2D eigenvalue weighted by Crippen LogP contribution is 2.33. The highest BCUT2D eigenvalue weighted by atomic mass is 32.2. The molecule has 2 heterocycles. The number of methoxy groups -OCH3 is 1. The van der Waals surface area contributed by atoms with Gasteiger partial charge in [-0.2, -0.15) is 5.10 Å². The molecule has 0 aliphatic rings. The van der Waals surface area contributed by atoms with Gasteiger partial charge in [-0.1, -0.05) is 38.1 Å². The monoisotopic (exact) mass is 522 g/mol. The number of nitrogens with two attached hydrogens (primary N) is 1. The predicted octanol–water partition coefficient (Wildman–Crippen LogP) is 4.28. The first-order chi connectivity index (χ1) is 17.7. The van der Waals surface area contributed by atoms with Crippen molar-refractivity contribution in [3.63, 3.8) is 0 Å². The maximum atomic E-state index is 12.8. The number of aromatic nitrogens is 3. The number of hydrogen-bond donors (Lipinski definition) is 2. The van der Waals surface area contributed by atoms with E-state index >= 15 is 0 Å². The summed E-state index contributed by atoms with van der Waals surface area (Å²) in [6, 6.07) is 16.3. The normalized spacial score (nSPS) is 11.8. The number of sulfonamides is 1. The fourth-order valence-electron chi connectivity index (χ4n) is 4.40. The van der Waals surface area contributed by atoms with Crippen LogP contribution in [0.15, 0.2) is 54.6 Å². The van der Waals surface area contributed by atoms with E-state index in [1.807, 2.05) is 29.8 Å². The Bertz CT molecular complexity index is 1480. The molecule has 0 bridgehead atoms. The number of ether oxygens (including phenoxy) is 1. The van der Waals surface area contributed by atoms with Crippen molar-refractivity contribution in [2.75, 3.05) is 37.2 Å². The van der Waals surface area contributed by atoms with Crippen LogP contribution in [-0.4, -0.2) is 54.8 Å². The molecule has 0 saturated heterocycles. The molecule has 0 saturated carbocycles. The number of nitrogens with zero attached hydrogens (tertiary/aromatic N) is 4. The Morgan fingerprint density at radius 2 is 1.81 bits per heavy atom. The van der Waals surface area contributed by atoms with Gasteiger partial charge in [0.25, 0.3) is 0 Å². The average Bonchev–Trinajstić information content (AvgIpc) is 3.19. The first-order valence-electron chi connectivity index (χ1n) is 12.3. The molecule has 0 radical (unpaired) electrons. The molecule has 0 aliphatic carbocycles. The van der Waals surface area contributed by atoms with Crippen LogP contribution in [0.2, 0.25) is 0 Å². The Morgan fingerprint density at radius 3 is 2.49 bits per heavy atom. The Hall–Kier alpha value is -3.63. The summed E-state index contributed by atoms with van der Waals surface area (Å²) in [5, 5.41) is 5.38. The molecule has 0 amide bonds. The van der Waals surface area contributed by atoms with Gasteiger partial charge in [0.15, 0.2) is 11.5 Å². The molecule has 196 valence electrons. The zero-order valence-electron chi connectivity index (χ0n) is 21.7. The third-order valence-electron chi connectivity index (χ3n) is 6.34. The lowest BCUT2D eigenvalue weighted by molar-refractivity contribution is 0.287. The summed E-state index contributed by atoms with van der Waals surface area (Å²) in [5.41, 5.74) is 10.9. The molecule has 2 aromatic heterocycles. The molecule has 0 aliphatic heterocycles. The first kappa shape index (κ1) is 26.4. The van der Waals surface area contributed by atoms with E-state index in [1.165, 1.54) is 0 Å². The van der Waals surface area contributed by atoms with Gasteiger partial charge in [0.05, 0.1) is 24.8 Å². The van der Waals surface area contributed by atoms with Gasteiger partial charge >= 0.3 is 0 Å². The molecular weight excluding hydrogens is 488 g/mol. The first-order valence-corrected chi connectivity index (χ1v) is 14.0. The molecule has 0 atom stereocenters. The van der Waals surface area contributed by atoms with Crippen molar-refractivity contribution in [2.45, 2.75) is 33.1 Å². The summed E-state index contributed by atoms with van der Waals surface area (Å²) in [5.74, 6) is 0.895. The number of anilines is 2. The Kier molecular flexibility index (Phi) is 7.99. The molecule has 0 unspecified atom stereocenters. The number of nitrogen functional groups attached to an aromatic ring is 1. The van der Waals surface area contributed by atoms with Crippen LogP contribution in [0.3, 0.4) is 0 Å². The number of rotatable bonds is 11. The fourth-order valence-corrected chi connectivity index (χ4v) is 5.58. The highest BCUT2D eigenvalue weighted by molar-refractivity contribution is 7.91. The lowest BCUT2D eigenvalue weighted by Crippen LogP contribution is -2.27. The minimum atomic E-state index is -3.61. The lowest BCUT2D eigenvalue weighted by Gasteiger charge is -2.17. The second-order valence-corrected chi connectivity index (χ2v) is 10.7. The van der Waals surface area contributed by atoms with E-state index in [4.69, 9.17) is 15.5 Å². The van der Waals surface area contributed by atoms with Crippen LogP contribution in [0, 0.1) is 6.92 Å². The van der Waals surface area contributed by atoms with E-state index < -0.39 is 10.0 Å². The highest BCUT2D eigenvalue weighted by Gasteiger charge is 2.17. The molecule has 0 spiro atoms. The van der Waals surface area contributed by atoms with Crippen molar-refractivity contribution in [3.8, 4) is 16.9 Å². The van der Waals surface area contributed by atoms with Crippen molar-refractivity contribution >= 4 is 32.6 Å². The standard InChI is InChI=1S/C27H34N6O3S/c1-5-32(6-2)14-15-33-27-25(26(28)30-33)24(16-19(3)29-27)21-10-12-22(13-11-21)31-37(34,35)18-20-8-7-9-23(17-20)36-4/h7-13,16-17,31H,5-6,14-15,18H2,1-4H3,(H2,28,30). The minimum absolute atomic E-state index is 0.153. The smallest absolute Gasteiger partial charge is 0.236 e. The van der Waals surface area contributed by atoms with Gasteiger partial charge in [-0.05, 0) is 67.0 Å². The Morgan fingerprint density at radius 1 is 1.08 bits per heavy atom. The SMILES string of the molecule is CCN(CC)CCn1nc(N)c2c(-c3ccc(NS(=O)(=O)Cc4cccc(OC)c4)cc3)cc(C)nc21. The summed E-state index contributed by atoms with van der Waals surface area (Å²) in [6.07, 6.45) is 0. The maximum Gasteiger partial charge on any atom is 0.236 e. The summed E-state index contributed by atoms with van der Waals surface area (Å²) in [4.78, 5) is 7.06. The number of aryl methyl sites for hydroxylation is 1. The van der Waals surface area contributed by atoms with E-state index in [9.17, 15) is 8.42 Å². The number of fused-ring (bicyclic) bond motifs is 1. The molecule has 3 N–H and O–H groups in total. The van der Waals surface area contributed by atoms with Crippen LogP contribution in [0.4, 0.5) is 11.5 Å². The van der Waals surface area contributed by atoms with Crippen LogP contribution in [0.1, 0.15) is 25.1 Å². The molecule has 0 fully saturated rings. The summed E-state index contributed by atoms with van der Waals surface area (Å²) < 4.78 is 35.2. The van der Waals surface area contributed by atoms with Crippen molar-refractivity contribution in [1.82, 2.24) is 19.7 Å². The van der Waals surface area contributed by atoms with E-state index in [0.717, 1.165) is 47.5 Å². The summed E-state index contributed by atoms with van der Waals surface area (Å²) >= 11 is 0. The molecule has 4 aromatic rings. The van der Waals surface area contributed by atoms with Crippen LogP contribution in [0.25, 0.3) is 22.2 Å². The summed E-state index contributed by atoms with van der Waals surface area (Å²) in [6.45, 7) is 9.72. The van der Waals surface area contributed by atoms with Crippen molar-refractivity contribution in [1.29, 1.82) is 0 Å². The lowest BCUT2D eigenvalue weighted by atomic mass is 10.0. The average molecular weight is 523 g/mol. The van der Waals surface area contributed by atoms with E-state index in [1.54, 1.807) is 43.5 Å². The van der Waals surface area contributed by atoms with Crippen molar-refractivity contribution in [3.05, 3.63) is 65.9 Å². The number of nitrogens with one attached hydrogen (secondary N) is 1. The van der Waals surface area contributed by atoms with Crippen molar-refractivity contribution < 1.29 is 13.2 Å². The molecule has 9 nitrogen and oxygen atoms in total. The van der Waals surface area contributed by atoms with E-state index in [2.05, 4.69) is 28.6 Å². The number of pyridine rings is 1. The van der Waals surface area contributed by atoms with Gasteiger partial charge in [0, 0.05) is 17.9 Å². The van der Waals surface area contributed by atoms with Gasteiger partial charge in [-0.3, -0.25) is 4.72 Å². The van der Waals surface area contributed by atoms with Gasteiger partial charge in [0.1, 0.15) is 5.75 Å². The quantitative estimate of drug-likeness (QED) is 0.302. The Labute approximate surface area is 218 Å². The number of likely N-dealkylation sites (N-methyl/N-ethyl adjacent to an activating group) is 1. The minimum Gasteiger partial charge on any atom is -0.497 e. The zero-order chi connectivity index (χ0) is 26.6. The van der Waals surface area contributed by atoms with Gasteiger partial charge in [-0.25, -0.2) is 18.1 Å². The van der Waals surface area contributed by atoms with E-state index in [0.29, 0.717) is 29.4 Å². The fraction of sp³-hybridized carbons (Fsp3) is 0.333. The third-order valence-corrected chi connectivity index (χ3v) is 7.60. The van der Waals surface area contributed by atoms with Crippen LogP contribution < -0.4 is 15.2 Å². The van der Waals surface area contributed by atoms with Crippen LogP contribution in [0.5, 0.6) is 5.75 Å². The molecule has 10 heteroatoms. The van der Waals surface area contributed by atoms with Gasteiger partial charge in [-0.15, -0.1) is 0 Å². The number of benzene rings is 2. The maximum absolute atomic E-state index is 12.8. The van der Waals surface area contributed by atoms with Gasteiger partial charge in [0.2, 0.25) is 10.0 Å². The molecule has 4 rings (SSSR count). The predicted molar refractivity (Wildman–Crippen MR) is 149 cm³/mol. The van der Waals surface area contributed by atoms with Gasteiger partial charge < -0.3 is 15.4 Å². The summed E-state index contributed by atoms with van der Waals surface area (Å²) in [7, 11) is -2.05. The second-order valence-electron chi connectivity index (χ2n) is 8.94. The molecule has 37 heavy (non-hydrogen) atoms. The van der Waals surface area contributed by atoms with Crippen LogP contribution in [-0.2, 0) is 22.3 Å².